The predicted octanol–water partition coefficient (Wildman–Crippen LogP) is -0.0126. The van der Waals surface area contributed by atoms with Crippen LogP contribution in [0.15, 0.2) is 23.1 Å². The van der Waals surface area contributed by atoms with Gasteiger partial charge in [0.05, 0.1) is 29.9 Å². The Balaban J connectivity index is 3.22. The van der Waals surface area contributed by atoms with Gasteiger partial charge < -0.3 is 15.3 Å². The molecule has 0 unspecified atom stereocenters. The molecular formula is C10H13Cl2NO5S. The summed E-state index contributed by atoms with van der Waals surface area (Å²) in [7, 11) is -4.15. The van der Waals surface area contributed by atoms with Gasteiger partial charge in [0.2, 0.25) is 10.0 Å². The minimum Gasteiger partial charge on any atom is -0.394 e. The van der Waals surface area contributed by atoms with Crippen LogP contribution in [0.3, 0.4) is 0 Å². The Morgan fingerprint density at radius 3 is 2.11 bits per heavy atom. The highest BCUT2D eigenvalue weighted by Gasteiger charge is 2.34. The molecule has 0 aliphatic carbocycles. The molecule has 0 aliphatic rings. The third kappa shape index (κ3) is 3.57. The van der Waals surface area contributed by atoms with Crippen molar-refractivity contribution < 1.29 is 23.7 Å². The van der Waals surface area contributed by atoms with Gasteiger partial charge in [-0.2, -0.15) is 4.72 Å². The number of hydrogen-bond acceptors (Lipinski definition) is 5. The Labute approximate surface area is 120 Å². The fourth-order valence-corrected chi connectivity index (χ4v) is 3.42. The maximum absolute atomic E-state index is 12.1. The molecule has 6 nitrogen and oxygen atoms in total. The van der Waals surface area contributed by atoms with Crippen LogP contribution in [-0.4, -0.2) is 49.1 Å². The molecule has 0 spiro atoms. The molecular weight excluding hydrogens is 317 g/mol. The zero-order valence-corrected chi connectivity index (χ0v) is 12.0. The summed E-state index contributed by atoms with van der Waals surface area (Å²) in [6, 6.07) is 4.02. The van der Waals surface area contributed by atoms with Crippen molar-refractivity contribution in [3.05, 3.63) is 28.2 Å². The van der Waals surface area contributed by atoms with Crippen molar-refractivity contribution in [3.8, 4) is 0 Å². The Kier molecular flexibility index (Phi) is 5.57. The third-order valence-electron chi connectivity index (χ3n) is 2.46. The minimum atomic E-state index is -4.15. The second-order valence-corrected chi connectivity index (χ2v) is 6.35. The number of aliphatic hydroxyl groups excluding tert-OH is 3. The zero-order valence-electron chi connectivity index (χ0n) is 9.68. The van der Waals surface area contributed by atoms with Crippen LogP contribution in [0, 0.1) is 0 Å². The van der Waals surface area contributed by atoms with E-state index in [1.807, 2.05) is 4.72 Å². The van der Waals surface area contributed by atoms with Crippen molar-refractivity contribution in [3.63, 3.8) is 0 Å². The van der Waals surface area contributed by atoms with Gasteiger partial charge in [-0.15, -0.1) is 0 Å². The van der Waals surface area contributed by atoms with Gasteiger partial charge in [0.15, 0.2) is 0 Å². The molecule has 0 radical (unpaired) electrons. The largest absolute Gasteiger partial charge is 0.394 e. The second kappa shape index (κ2) is 6.36. The van der Waals surface area contributed by atoms with Crippen molar-refractivity contribution in [2.75, 3.05) is 19.8 Å². The Morgan fingerprint density at radius 1 is 1.11 bits per heavy atom. The molecule has 0 saturated heterocycles. The van der Waals surface area contributed by atoms with Gasteiger partial charge in [0, 0.05) is 0 Å². The van der Waals surface area contributed by atoms with Crippen molar-refractivity contribution in [2.45, 2.75) is 10.4 Å². The van der Waals surface area contributed by atoms with E-state index in [4.69, 9.17) is 38.5 Å². The highest BCUT2D eigenvalue weighted by Crippen LogP contribution is 2.29. The topological polar surface area (TPSA) is 107 Å². The molecule has 0 heterocycles. The smallest absolute Gasteiger partial charge is 0.242 e. The van der Waals surface area contributed by atoms with E-state index in [2.05, 4.69) is 0 Å². The van der Waals surface area contributed by atoms with E-state index in [0.29, 0.717) is 0 Å². The van der Waals surface area contributed by atoms with Gasteiger partial charge in [-0.3, -0.25) is 0 Å². The lowest BCUT2D eigenvalue weighted by molar-refractivity contribution is 0.0582. The van der Waals surface area contributed by atoms with Gasteiger partial charge >= 0.3 is 0 Å². The molecule has 0 aliphatic heterocycles. The average molecular weight is 330 g/mol. The molecule has 4 N–H and O–H groups in total. The lowest BCUT2D eigenvalue weighted by Crippen LogP contribution is -2.56. The molecule has 0 saturated carbocycles. The van der Waals surface area contributed by atoms with Crippen LogP contribution < -0.4 is 4.72 Å². The zero-order chi connectivity index (χ0) is 14.7. The van der Waals surface area contributed by atoms with Crippen LogP contribution >= 0.6 is 23.2 Å². The molecule has 1 aromatic rings. The quantitative estimate of drug-likeness (QED) is 0.587. The Morgan fingerprint density at radius 2 is 1.63 bits per heavy atom. The Bertz CT molecular complexity index is 537. The Hall–Kier alpha value is -0.410. The van der Waals surface area contributed by atoms with E-state index in [0.717, 1.165) is 0 Å². The van der Waals surface area contributed by atoms with Gasteiger partial charge in [-0.1, -0.05) is 29.3 Å². The summed E-state index contributed by atoms with van der Waals surface area (Å²) < 4.78 is 26.2. The summed E-state index contributed by atoms with van der Waals surface area (Å²) in [4.78, 5) is -0.304. The molecule has 0 fully saturated rings. The lowest BCUT2D eigenvalue weighted by atomic mass is 10.1. The van der Waals surface area contributed by atoms with Crippen molar-refractivity contribution >= 4 is 33.2 Å². The van der Waals surface area contributed by atoms with Crippen LogP contribution in [0.2, 0.25) is 10.0 Å². The van der Waals surface area contributed by atoms with Crippen LogP contribution in [-0.2, 0) is 10.0 Å². The number of rotatable bonds is 6. The first-order chi connectivity index (χ1) is 8.82. The summed E-state index contributed by atoms with van der Waals surface area (Å²) in [5.74, 6) is 0. The molecule has 108 valence electrons. The summed E-state index contributed by atoms with van der Waals surface area (Å²) in [6.07, 6.45) is 0. The van der Waals surface area contributed by atoms with E-state index in [1.165, 1.54) is 18.2 Å². The first-order valence-corrected chi connectivity index (χ1v) is 7.36. The SMILES string of the molecule is O=S(=O)(NC(CO)(CO)CO)c1cccc(Cl)c1Cl. The third-order valence-corrected chi connectivity index (χ3v) is 5.02. The molecule has 0 amide bonds. The number of benzene rings is 1. The first-order valence-electron chi connectivity index (χ1n) is 5.12. The molecule has 0 atom stereocenters. The monoisotopic (exact) mass is 329 g/mol. The number of sulfonamides is 1. The lowest BCUT2D eigenvalue weighted by Gasteiger charge is -2.28. The summed E-state index contributed by atoms with van der Waals surface area (Å²) in [5.41, 5.74) is -1.77. The number of hydrogen-bond donors (Lipinski definition) is 4. The molecule has 0 aromatic heterocycles. The fourth-order valence-electron chi connectivity index (χ4n) is 1.28. The first kappa shape index (κ1) is 16.6. The summed E-state index contributed by atoms with van der Waals surface area (Å²) >= 11 is 11.5. The molecule has 1 rings (SSSR count). The van der Waals surface area contributed by atoms with Gasteiger partial charge in [0.1, 0.15) is 10.4 Å². The molecule has 9 heteroatoms. The van der Waals surface area contributed by atoms with E-state index >= 15 is 0 Å². The molecule has 0 bridgehead atoms. The predicted molar refractivity (Wildman–Crippen MR) is 70.8 cm³/mol. The summed E-state index contributed by atoms with van der Waals surface area (Å²) in [6.45, 7) is -2.34. The van der Waals surface area contributed by atoms with Crippen LogP contribution in [0.1, 0.15) is 0 Å². The van der Waals surface area contributed by atoms with Crippen molar-refractivity contribution in [1.82, 2.24) is 4.72 Å². The number of aliphatic hydroxyl groups is 3. The van der Waals surface area contributed by atoms with Crippen LogP contribution in [0.4, 0.5) is 0 Å². The van der Waals surface area contributed by atoms with Gasteiger partial charge in [0.25, 0.3) is 0 Å². The standard InChI is InChI=1S/C10H13Cl2NO5S/c11-7-2-1-3-8(9(7)12)19(17,18)13-10(4-14,5-15)6-16/h1-3,13-16H,4-6H2. The van der Waals surface area contributed by atoms with E-state index < -0.39 is 35.4 Å². The number of halogens is 2. The van der Waals surface area contributed by atoms with E-state index in [9.17, 15) is 8.42 Å². The fraction of sp³-hybridized carbons (Fsp3) is 0.400. The highest BCUT2D eigenvalue weighted by atomic mass is 35.5. The normalized spacial score (nSPS) is 12.7. The van der Waals surface area contributed by atoms with Crippen LogP contribution in [0.25, 0.3) is 0 Å². The van der Waals surface area contributed by atoms with Crippen molar-refractivity contribution in [2.24, 2.45) is 0 Å². The van der Waals surface area contributed by atoms with Gasteiger partial charge in [-0.05, 0) is 12.1 Å². The van der Waals surface area contributed by atoms with Crippen molar-refractivity contribution in [1.29, 1.82) is 0 Å². The summed E-state index contributed by atoms with van der Waals surface area (Å²) in [5, 5.41) is 27.2. The maximum atomic E-state index is 12.1. The number of nitrogens with one attached hydrogen (secondary N) is 1. The molecule has 1 aromatic carbocycles. The highest BCUT2D eigenvalue weighted by molar-refractivity contribution is 7.89. The minimum absolute atomic E-state index is 0.0483. The average Bonchev–Trinajstić information content (AvgIpc) is 2.39. The second-order valence-electron chi connectivity index (χ2n) is 3.91. The molecule has 19 heavy (non-hydrogen) atoms. The van der Waals surface area contributed by atoms with E-state index in [-0.39, 0.29) is 14.9 Å². The van der Waals surface area contributed by atoms with E-state index in [1.54, 1.807) is 0 Å². The van der Waals surface area contributed by atoms with Crippen LogP contribution in [0.5, 0.6) is 0 Å². The van der Waals surface area contributed by atoms with Gasteiger partial charge in [-0.25, -0.2) is 8.42 Å². The maximum Gasteiger partial charge on any atom is 0.242 e.